The van der Waals surface area contributed by atoms with Crippen molar-refractivity contribution >= 4 is 12.0 Å². The third-order valence-electron chi connectivity index (χ3n) is 4.14. The van der Waals surface area contributed by atoms with Crippen molar-refractivity contribution in [3.63, 3.8) is 0 Å². The fraction of sp³-hybridized carbons (Fsp3) is 0.364. The molecule has 0 radical (unpaired) electrons. The van der Waals surface area contributed by atoms with E-state index in [4.69, 9.17) is 19.4 Å². The Morgan fingerprint density at radius 1 is 1.13 bits per heavy atom. The van der Waals surface area contributed by atoms with Crippen LogP contribution in [-0.2, 0) is 22.7 Å². The normalized spacial score (nSPS) is 15.3. The molecule has 8 nitrogen and oxygen atoms in total. The van der Waals surface area contributed by atoms with E-state index in [1.165, 1.54) is 0 Å². The van der Waals surface area contributed by atoms with Gasteiger partial charge in [0, 0.05) is 38.7 Å². The molecule has 1 saturated heterocycles. The zero-order chi connectivity index (χ0) is 21.6. The minimum Gasteiger partial charge on any atom is -0.489 e. The van der Waals surface area contributed by atoms with Gasteiger partial charge in [0.25, 0.3) is 5.97 Å². The molecule has 0 spiro atoms. The van der Waals surface area contributed by atoms with Crippen LogP contribution in [0.2, 0.25) is 0 Å². The first-order valence-corrected chi connectivity index (χ1v) is 9.82. The lowest BCUT2D eigenvalue weighted by Gasteiger charge is -2.23. The molecule has 162 valence electrons. The lowest BCUT2D eigenvalue weighted by molar-refractivity contribution is -0.134. The summed E-state index contributed by atoms with van der Waals surface area (Å²) >= 11 is 0. The highest BCUT2D eigenvalue weighted by Crippen LogP contribution is 2.19. The van der Waals surface area contributed by atoms with Crippen LogP contribution in [0.15, 0.2) is 54.6 Å². The van der Waals surface area contributed by atoms with Crippen molar-refractivity contribution < 1.29 is 24.2 Å². The number of hydrogen-bond acceptors (Lipinski definition) is 5. The van der Waals surface area contributed by atoms with Crippen molar-refractivity contribution in [2.45, 2.75) is 26.2 Å². The summed E-state index contributed by atoms with van der Waals surface area (Å²) in [6.07, 6.45) is 0.0241. The second-order valence-corrected chi connectivity index (χ2v) is 6.66. The van der Waals surface area contributed by atoms with Crippen LogP contribution in [0.5, 0.6) is 5.75 Å². The van der Waals surface area contributed by atoms with Crippen LogP contribution in [0, 0.1) is 0 Å². The van der Waals surface area contributed by atoms with Crippen LogP contribution in [0.3, 0.4) is 0 Å². The molecule has 0 saturated carbocycles. The minimum absolute atomic E-state index is 0.0241. The molecule has 0 bridgehead atoms. The Morgan fingerprint density at radius 2 is 1.83 bits per heavy atom. The molecule has 1 aliphatic heterocycles. The first-order chi connectivity index (χ1) is 14.5. The lowest BCUT2D eigenvalue weighted by Crippen LogP contribution is -2.47. The third kappa shape index (κ3) is 9.40. The number of carboxylic acids is 1. The standard InChI is InChI=1S/C20H25N3O3.C2H4O2/c24-20(23-14-18-13-21-10-11-25-18)22-12-17-8-4-5-9-19(17)26-15-16-6-2-1-3-7-16;1-2(3)4/h1-9,18,21H,10-15H2,(H2,22,23,24);1H3,(H,3,4). The number of ether oxygens (including phenoxy) is 2. The molecule has 1 fully saturated rings. The second kappa shape index (κ2) is 13.2. The van der Waals surface area contributed by atoms with Gasteiger partial charge in [-0.15, -0.1) is 0 Å². The van der Waals surface area contributed by atoms with Crippen LogP contribution in [0.25, 0.3) is 0 Å². The number of hydrogen-bond donors (Lipinski definition) is 4. The van der Waals surface area contributed by atoms with Gasteiger partial charge in [-0.3, -0.25) is 4.79 Å². The van der Waals surface area contributed by atoms with Gasteiger partial charge in [0.15, 0.2) is 0 Å². The highest BCUT2D eigenvalue weighted by Gasteiger charge is 2.14. The smallest absolute Gasteiger partial charge is 0.315 e. The van der Waals surface area contributed by atoms with Gasteiger partial charge >= 0.3 is 6.03 Å². The second-order valence-electron chi connectivity index (χ2n) is 6.66. The summed E-state index contributed by atoms with van der Waals surface area (Å²) in [6, 6.07) is 17.5. The van der Waals surface area contributed by atoms with Crippen LogP contribution >= 0.6 is 0 Å². The number of aliphatic carboxylic acids is 1. The Labute approximate surface area is 176 Å². The van der Waals surface area contributed by atoms with E-state index in [2.05, 4.69) is 16.0 Å². The molecule has 8 heteroatoms. The molecule has 30 heavy (non-hydrogen) atoms. The van der Waals surface area contributed by atoms with Crippen molar-refractivity contribution in [1.29, 1.82) is 0 Å². The van der Waals surface area contributed by atoms with E-state index in [0.717, 1.165) is 36.9 Å². The van der Waals surface area contributed by atoms with Gasteiger partial charge in [-0.05, 0) is 11.6 Å². The molecule has 1 heterocycles. The maximum Gasteiger partial charge on any atom is 0.315 e. The fourth-order valence-corrected chi connectivity index (χ4v) is 2.72. The summed E-state index contributed by atoms with van der Waals surface area (Å²) < 4.78 is 11.5. The molecule has 2 aromatic carbocycles. The number of nitrogens with one attached hydrogen (secondary N) is 3. The number of urea groups is 1. The Kier molecular flexibility index (Phi) is 10.2. The van der Waals surface area contributed by atoms with Gasteiger partial charge in [-0.25, -0.2) is 4.79 Å². The molecule has 1 aliphatic rings. The molecular formula is C22H29N3O5. The predicted octanol–water partition coefficient (Wildman–Crippen LogP) is 2.14. The van der Waals surface area contributed by atoms with Crippen molar-refractivity contribution in [3.8, 4) is 5.75 Å². The van der Waals surface area contributed by atoms with Crippen LogP contribution in [-0.4, -0.2) is 49.5 Å². The molecule has 1 unspecified atom stereocenters. The molecule has 2 aromatic rings. The van der Waals surface area contributed by atoms with Crippen molar-refractivity contribution in [1.82, 2.24) is 16.0 Å². The summed E-state index contributed by atoms with van der Waals surface area (Å²) in [5.74, 6) is -0.0588. The summed E-state index contributed by atoms with van der Waals surface area (Å²) in [5.41, 5.74) is 2.04. The number of carbonyl (C=O) groups excluding carboxylic acids is 1. The molecule has 3 rings (SSSR count). The first kappa shape index (κ1) is 23.2. The highest BCUT2D eigenvalue weighted by molar-refractivity contribution is 5.73. The number of benzene rings is 2. The van der Waals surface area contributed by atoms with E-state index >= 15 is 0 Å². The average Bonchev–Trinajstić information content (AvgIpc) is 2.76. The number of carboxylic acid groups (broad SMARTS) is 1. The third-order valence-corrected chi connectivity index (χ3v) is 4.14. The molecule has 0 aliphatic carbocycles. The number of carbonyl (C=O) groups is 2. The van der Waals surface area contributed by atoms with Crippen molar-refractivity contribution in [2.24, 2.45) is 0 Å². The van der Waals surface area contributed by atoms with Crippen LogP contribution < -0.4 is 20.7 Å². The maximum absolute atomic E-state index is 12.0. The zero-order valence-electron chi connectivity index (χ0n) is 17.1. The lowest BCUT2D eigenvalue weighted by atomic mass is 10.2. The largest absolute Gasteiger partial charge is 0.489 e. The molecular weight excluding hydrogens is 386 g/mol. The molecule has 4 N–H and O–H groups in total. The van der Waals surface area contributed by atoms with E-state index < -0.39 is 5.97 Å². The predicted molar refractivity (Wildman–Crippen MR) is 113 cm³/mol. The van der Waals surface area contributed by atoms with E-state index in [0.29, 0.717) is 26.3 Å². The molecule has 0 aromatic heterocycles. The van der Waals surface area contributed by atoms with Gasteiger partial charge in [0.1, 0.15) is 12.4 Å². The van der Waals surface area contributed by atoms with E-state index in [-0.39, 0.29) is 12.1 Å². The summed E-state index contributed by atoms with van der Waals surface area (Å²) in [6.45, 7) is 4.78. The Hall–Kier alpha value is -3.10. The van der Waals surface area contributed by atoms with Gasteiger partial charge in [0.05, 0.1) is 12.7 Å². The van der Waals surface area contributed by atoms with Gasteiger partial charge < -0.3 is 30.5 Å². The topological polar surface area (TPSA) is 109 Å². The van der Waals surface area contributed by atoms with E-state index in [1.54, 1.807) is 0 Å². The average molecular weight is 415 g/mol. The maximum atomic E-state index is 12.0. The number of para-hydroxylation sites is 1. The minimum atomic E-state index is -0.833. The van der Waals surface area contributed by atoms with Crippen LogP contribution in [0.4, 0.5) is 4.79 Å². The number of morpholine rings is 1. The van der Waals surface area contributed by atoms with Crippen molar-refractivity contribution in [3.05, 3.63) is 65.7 Å². The summed E-state index contributed by atoms with van der Waals surface area (Å²) in [5, 5.41) is 16.4. The Morgan fingerprint density at radius 3 is 2.53 bits per heavy atom. The van der Waals surface area contributed by atoms with Crippen LogP contribution in [0.1, 0.15) is 18.1 Å². The number of amides is 2. The first-order valence-electron chi connectivity index (χ1n) is 9.82. The van der Waals surface area contributed by atoms with Gasteiger partial charge in [-0.2, -0.15) is 0 Å². The monoisotopic (exact) mass is 415 g/mol. The quantitative estimate of drug-likeness (QED) is 0.552. The molecule has 2 amide bonds. The fourth-order valence-electron chi connectivity index (χ4n) is 2.72. The van der Waals surface area contributed by atoms with Gasteiger partial charge in [0.2, 0.25) is 0 Å². The Bertz CT molecular complexity index is 775. The zero-order valence-corrected chi connectivity index (χ0v) is 17.1. The van der Waals surface area contributed by atoms with E-state index in [1.807, 2.05) is 54.6 Å². The van der Waals surface area contributed by atoms with Crippen molar-refractivity contribution in [2.75, 3.05) is 26.2 Å². The Balaban J connectivity index is 0.000000735. The molecule has 1 atom stereocenters. The summed E-state index contributed by atoms with van der Waals surface area (Å²) in [7, 11) is 0. The number of rotatable bonds is 7. The van der Waals surface area contributed by atoms with E-state index in [9.17, 15) is 4.79 Å². The SMILES string of the molecule is CC(=O)O.O=C(NCc1ccccc1OCc1ccccc1)NCC1CNCCO1. The van der Waals surface area contributed by atoms with Gasteiger partial charge in [-0.1, -0.05) is 48.5 Å². The summed E-state index contributed by atoms with van der Waals surface area (Å²) in [4.78, 5) is 21.0. The highest BCUT2D eigenvalue weighted by atomic mass is 16.5.